The standard InChI is InChI=1S/C22H29N3O5.ClH/c1-25(13-15-7-4-3-5-8-15)20-18(30-19(14-26)21(20)27)12-23-22(28)24-16-9-6-10-17(11-16)29-2;/h3-11,18-21,26-27H,12-14H2,1-2H3,(H2,23,24,28);1H/t18-,19+,20-,21-;/m1./s1. The van der Waals surface area contributed by atoms with Crippen LogP contribution >= 0.6 is 12.4 Å². The van der Waals surface area contributed by atoms with E-state index in [1.165, 1.54) is 0 Å². The Bertz CT molecular complexity index is 826. The highest BCUT2D eigenvalue weighted by Gasteiger charge is 2.45. The van der Waals surface area contributed by atoms with Crippen LogP contribution in [0.3, 0.4) is 0 Å². The number of amides is 2. The second-order valence-corrected chi connectivity index (χ2v) is 7.34. The average Bonchev–Trinajstić information content (AvgIpc) is 3.08. The van der Waals surface area contributed by atoms with Crippen molar-refractivity contribution in [3.63, 3.8) is 0 Å². The number of hydrogen-bond acceptors (Lipinski definition) is 6. The van der Waals surface area contributed by atoms with Crippen molar-refractivity contribution in [1.29, 1.82) is 0 Å². The zero-order valence-electron chi connectivity index (χ0n) is 17.6. The molecule has 1 saturated heterocycles. The number of carbonyl (C=O) groups is 1. The summed E-state index contributed by atoms with van der Waals surface area (Å²) in [5.74, 6) is 0.642. The minimum atomic E-state index is -0.864. The summed E-state index contributed by atoms with van der Waals surface area (Å²) in [5, 5.41) is 25.7. The maximum Gasteiger partial charge on any atom is 0.319 e. The van der Waals surface area contributed by atoms with Crippen LogP contribution in [-0.2, 0) is 11.3 Å². The summed E-state index contributed by atoms with van der Waals surface area (Å²) in [7, 11) is 3.46. The molecule has 4 atom stereocenters. The van der Waals surface area contributed by atoms with Gasteiger partial charge in [0.2, 0.25) is 0 Å². The Morgan fingerprint density at radius 1 is 1.16 bits per heavy atom. The van der Waals surface area contributed by atoms with E-state index in [2.05, 4.69) is 10.6 Å². The van der Waals surface area contributed by atoms with Crippen molar-refractivity contribution in [2.24, 2.45) is 0 Å². The van der Waals surface area contributed by atoms with Crippen LogP contribution in [0.4, 0.5) is 10.5 Å². The van der Waals surface area contributed by atoms with Gasteiger partial charge < -0.3 is 30.3 Å². The topological polar surface area (TPSA) is 103 Å². The Hall–Kier alpha value is -2.36. The average molecular weight is 452 g/mol. The zero-order chi connectivity index (χ0) is 21.5. The molecule has 4 N–H and O–H groups in total. The predicted octanol–water partition coefficient (Wildman–Crippen LogP) is 1.86. The number of ether oxygens (including phenoxy) is 2. The van der Waals surface area contributed by atoms with Crippen molar-refractivity contribution >= 4 is 24.1 Å². The van der Waals surface area contributed by atoms with Gasteiger partial charge in [-0.15, -0.1) is 12.4 Å². The number of rotatable bonds is 8. The predicted molar refractivity (Wildman–Crippen MR) is 121 cm³/mol. The molecular weight excluding hydrogens is 422 g/mol. The summed E-state index contributed by atoms with van der Waals surface area (Å²) in [4.78, 5) is 14.3. The van der Waals surface area contributed by atoms with Gasteiger partial charge in [0.1, 0.15) is 18.0 Å². The largest absolute Gasteiger partial charge is 0.497 e. The summed E-state index contributed by atoms with van der Waals surface area (Å²) in [6, 6.07) is 16.2. The third kappa shape index (κ3) is 6.56. The van der Waals surface area contributed by atoms with E-state index in [9.17, 15) is 15.0 Å². The monoisotopic (exact) mass is 451 g/mol. The fourth-order valence-corrected chi connectivity index (χ4v) is 3.74. The smallest absolute Gasteiger partial charge is 0.319 e. The van der Waals surface area contributed by atoms with Gasteiger partial charge in [0.05, 0.1) is 25.9 Å². The van der Waals surface area contributed by atoms with Crippen molar-refractivity contribution in [3.8, 4) is 5.75 Å². The first kappa shape index (κ1) is 24.9. The Kier molecular flexibility index (Phi) is 9.54. The number of hydrogen-bond donors (Lipinski definition) is 4. The van der Waals surface area contributed by atoms with Crippen LogP contribution in [0.15, 0.2) is 54.6 Å². The van der Waals surface area contributed by atoms with Gasteiger partial charge in [-0.3, -0.25) is 4.90 Å². The minimum absolute atomic E-state index is 0. The number of aliphatic hydroxyl groups excluding tert-OH is 2. The molecule has 2 aromatic carbocycles. The van der Waals surface area contributed by atoms with E-state index in [1.807, 2.05) is 42.3 Å². The van der Waals surface area contributed by atoms with Crippen LogP contribution < -0.4 is 15.4 Å². The van der Waals surface area contributed by atoms with Crippen LogP contribution in [0.2, 0.25) is 0 Å². The molecule has 0 aliphatic carbocycles. The van der Waals surface area contributed by atoms with Crippen LogP contribution in [0.25, 0.3) is 0 Å². The molecule has 0 saturated carbocycles. The van der Waals surface area contributed by atoms with Gasteiger partial charge in [-0.25, -0.2) is 4.79 Å². The van der Waals surface area contributed by atoms with Gasteiger partial charge in [0.25, 0.3) is 0 Å². The molecule has 2 amide bonds. The number of halogens is 1. The summed E-state index contributed by atoms with van der Waals surface area (Å²) in [6.07, 6.45) is -2.03. The first-order chi connectivity index (χ1) is 14.5. The van der Waals surface area contributed by atoms with E-state index in [-0.39, 0.29) is 31.6 Å². The second kappa shape index (κ2) is 11.9. The van der Waals surface area contributed by atoms with E-state index >= 15 is 0 Å². The molecule has 1 fully saturated rings. The maximum atomic E-state index is 12.3. The van der Waals surface area contributed by atoms with Crippen LogP contribution in [0, 0.1) is 0 Å². The maximum absolute atomic E-state index is 12.3. The van der Waals surface area contributed by atoms with E-state index < -0.39 is 24.3 Å². The van der Waals surface area contributed by atoms with Gasteiger partial charge in [-0.05, 0) is 24.7 Å². The number of urea groups is 1. The molecule has 1 heterocycles. The molecule has 8 nitrogen and oxygen atoms in total. The lowest BCUT2D eigenvalue weighted by atomic mass is 10.0. The molecule has 9 heteroatoms. The molecule has 1 aliphatic rings. The van der Waals surface area contributed by atoms with E-state index in [0.29, 0.717) is 18.0 Å². The van der Waals surface area contributed by atoms with Gasteiger partial charge in [0, 0.05) is 24.8 Å². The highest BCUT2D eigenvalue weighted by molar-refractivity contribution is 5.89. The molecule has 0 radical (unpaired) electrons. The molecule has 0 spiro atoms. The second-order valence-electron chi connectivity index (χ2n) is 7.34. The number of nitrogens with zero attached hydrogens (tertiary/aromatic N) is 1. The molecule has 170 valence electrons. The molecule has 0 bridgehead atoms. The summed E-state index contributed by atoms with van der Waals surface area (Å²) in [6.45, 7) is 0.507. The highest BCUT2D eigenvalue weighted by Crippen LogP contribution is 2.26. The van der Waals surface area contributed by atoms with Crippen LogP contribution in [0.1, 0.15) is 5.56 Å². The first-order valence-electron chi connectivity index (χ1n) is 9.89. The molecule has 2 aromatic rings. The van der Waals surface area contributed by atoms with Crippen molar-refractivity contribution in [1.82, 2.24) is 10.2 Å². The van der Waals surface area contributed by atoms with Crippen molar-refractivity contribution < 1.29 is 24.5 Å². The van der Waals surface area contributed by atoms with Gasteiger partial charge in [0.15, 0.2) is 0 Å². The normalized spacial score (nSPS) is 22.6. The molecular formula is C22H30ClN3O5. The first-order valence-corrected chi connectivity index (χ1v) is 9.89. The summed E-state index contributed by atoms with van der Waals surface area (Å²) < 4.78 is 11.0. The Morgan fingerprint density at radius 3 is 2.58 bits per heavy atom. The SMILES string of the molecule is COc1cccc(NC(=O)NC[C@H]2O[C@@H](CO)[C@@H](O)[C@@H]2N(C)Cc2ccccc2)c1.Cl. The lowest BCUT2D eigenvalue weighted by molar-refractivity contribution is -0.0205. The Balaban J connectivity index is 0.00000341. The van der Waals surface area contributed by atoms with Crippen molar-refractivity contribution in [2.75, 3.05) is 32.6 Å². The Morgan fingerprint density at radius 2 is 1.90 bits per heavy atom. The lowest BCUT2D eigenvalue weighted by Gasteiger charge is -2.30. The third-order valence-corrected chi connectivity index (χ3v) is 5.22. The molecule has 0 unspecified atom stereocenters. The Labute approximate surface area is 188 Å². The lowest BCUT2D eigenvalue weighted by Crippen LogP contribution is -2.49. The van der Waals surface area contributed by atoms with Gasteiger partial charge in [-0.1, -0.05) is 36.4 Å². The van der Waals surface area contributed by atoms with Crippen molar-refractivity contribution in [3.05, 3.63) is 60.2 Å². The van der Waals surface area contributed by atoms with Gasteiger partial charge in [-0.2, -0.15) is 0 Å². The number of benzene rings is 2. The number of likely N-dealkylation sites (N-methyl/N-ethyl adjacent to an activating group) is 1. The number of carbonyl (C=O) groups excluding carboxylic acids is 1. The number of anilines is 1. The summed E-state index contributed by atoms with van der Waals surface area (Å²) in [5.41, 5.74) is 1.70. The fraction of sp³-hybridized carbons (Fsp3) is 0.409. The van der Waals surface area contributed by atoms with Crippen LogP contribution in [-0.4, -0.2) is 72.8 Å². The zero-order valence-corrected chi connectivity index (χ0v) is 18.4. The molecule has 3 rings (SSSR count). The number of nitrogens with one attached hydrogen (secondary N) is 2. The summed E-state index contributed by atoms with van der Waals surface area (Å²) >= 11 is 0. The number of methoxy groups -OCH3 is 1. The van der Waals surface area contributed by atoms with Gasteiger partial charge >= 0.3 is 6.03 Å². The van der Waals surface area contributed by atoms with E-state index in [1.54, 1.807) is 31.4 Å². The van der Waals surface area contributed by atoms with E-state index in [0.717, 1.165) is 5.56 Å². The third-order valence-electron chi connectivity index (χ3n) is 5.22. The molecule has 0 aromatic heterocycles. The van der Waals surface area contributed by atoms with Crippen molar-refractivity contribution in [2.45, 2.75) is 30.9 Å². The quantitative estimate of drug-likeness (QED) is 0.488. The van der Waals surface area contributed by atoms with E-state index in [4.69, 9.17) is 9.47 Å². The molecule has 1 aliphatic heterocycles. The minimum Gasteiger partial charge on any atom is -0.497 e. The molecule has 31 heavy (non-hydrogen) atoms. The highest BCUT2D eigenvalue weighted by atomic mass is 35.5. The number of aliphatic hydroxyl groups is 2. The fourth-order valence-electron chi connectivity index (χ4n) is 3.74. The van der Waals surface area contributed by atoms with Crippen LogP contribution in [0.5, 0.6) is 5.75 Å².